The monoisotopic (exact) mass is 481 g/mol. The molecule has 1 saturated heterocycles. The van der Waals surface area contributed by atoms with Crippen molar-refractivity contribution in [3.05, 3.63) is 58.3 Å². The molecule has 3 aliphatic rings. The molecule has 0 amide bonds. The zero-order valence-electron chi connectivity index (χ0n) is 15.3. The van der Waals surface area contributed by atoms with E-state index < -0.39 is 15.8 Å². The molecule has 2 aromatic carbocycles. The maximum absolute atomic E-state index is 13.7. The SMILES string of the molecule is O=S(=O)(c1ccc(F)cc1)N1c2ccc(Br)cc2C2(CCSCC2)[C@H]1C1CC1. The Bertz CT molecular complexity index is 1020. The molecular weight excluding hydrogens is 461 g/mol. The molecule has 2 heterocycles. The standard InChI is InChI=1S/C21H21BrFNO2S2/c22-15-3-8-19-18(13-15)21(9-11-27-12-10-21)20(14-1-2-14)24(19)28(25,26)17-6-4-16(23)5-7-17/h3-8,13-14,20H,1-2,9-12H2/t20-/m1/s1. The Kier molecular flexibility index (Phi) is 4.56. The van der Waals surface area contributed by atoms with Crippen molar-refractivity contribution in [3.63, 3.8) is 0 Å². The van der Waals surface area contributed by atoms with Gasteiger partial charge in [0.05, 0.1) is 16.6 Å². The van der Waals surface area contributed by atoms with Crippen molar-refractivity contribution < 1.29 is 12.8 Å². The fourth-order valence-electron chi connectivity index (χ4n) is 4.99. The number of sulfonamides is 1. The summed E-state index contributed by atoms with van der Waals surface area (Å²) in [7, 11) is -3.77. The molecule has 1 spiro atoms. The number of benzene rings is 2. The highest BCUT2D eigenvalue weighted by atomic mass is 79.9. The first kappa shape index (κ1) is 18.9. The maximum atomic E-state index is 13.7. The van der Waals surface area contributed by atoms with Crippen LogP contribution in [0.15, 0.2) is 51.8 Å². The van der Waals surface area contributed by atoms with Gasteiger partial charge >= 0.3 is 0 Å². The van der Waals surface area contributed by atoms with Crippen LogP contribution in [0.4, 0.5) is 10.1 Å². The Hall–Kier alpha value is -1.05. The van der Waals surface area contributed by atoms with Crippen LogP contribution >= 0.6 is 27.7 Å². The van der Waals surface area contributed by atoms with Gasteiger partial charge in [-0.05, 0) is 91.1 Å². The lowest BCUT2D eigenvalue weighted by Gasteiger charge is -2.41. The van der Waals surface area contributed by atoms with E-state index in [1.54, 1.807) is 4.31 Å². The number of halogens is 2. The van der Waals surface area contributed by atoms with Crippen molar-refractivity contribution in [1.82, 2.24) is 0 Å². The number of hydrogen-bond donors (Lipinski definition) is 0. The summed E-state index contributed by atoms with van der Waals surface area (Å²) >= 11 is 5.55. The van der Waals surface area contributed by atoms with Gasteiger partial charge in [0.2, 0.25) is 0 Å². The molecule has 0 aromatic heterocycles. The minimum absolute atomic E-state index is 0.0484. The molecule has 0 radical (unpaired) electrons. The average molecular weight is 482 g/mol. The lowest BCUT2D eigenvalue weighted by Crippen LogP contribution is -2.50. The Balaban J connectivity index is 1.72. The Labute approximate surface area is 177 Å². The molecular formula is C21H21BrFNO2S2. The predicted molar refractivity (Wildman–Crippen MR) is 115 cm³/mol. The van der Waals surface area contributed by atoms with E-state index in [9.17, 15) is 12.8 Å². The van der Waals surface area contributed by atoms with Crippen LogP contribution in [0.25, 0.3) is 0 Å². The highest BCUT2D eigenvalue weighted by Crippen LogP contribution is 2.59. The molecule has 2 aliphatic heterocycles. The van der Waals surface area contributed by atoms with Crippen molar-refractivity contribution in [2.45, 2.75) is 42.0 Å². The molecule has 0 N–H and O–H groups in total. The molecule has 28 heavy (non-hydrogen) atoms. The van der Waals surface area contributed by atoms with E-state index >= 15 is 0 Å². The Morgan fingerprint density at radius 2 is 1.75 bits per heavy atom. The summed E-state index contributed by atoms with van der Waals surface area (Å²) in [5.74, 6) is 2.08. The molecule has 3 nitrogen and oxygen atoms in total. The molecule has 5 rings (SSSR count). The number of fused-ring (bicyclic) bond motifs is 2. The van der Waals surface area contributed by atoms with Gasteiger partial charge in [0, 0.05) is 9.89 Å². The molecule has 1 aliphatic carbocycles. The number of hydrogen-bond acceptors (Lipinski definition) is 3. The number of rotatable bonds is 3. The van der Waals surface area contributed by atoms with Crippen molar-refractivity contribution in [2.75, 3.05) is 15.8 Å². The van der Waals surface area contributed by atoms with E-state index in [-0.39, 0.29) is 16.4 Å². The fourth-order valence-corrected chi connectivity index (χ4v) is 8.37. The Morgan fingerprint density at radius 3 is 2.39 bits per heavy atom. The van der Waals surface area contributed by atoms with Crippen LogP contribution in [-0.4, -0.2) is 26.0 Å². The van der Waals surface area contributed by atoms with Crippen molar-refractivity contribution in [1.29, 1.82) is 0 Å². The van der Waals surface area contributed by atoms with Gasteiger partial charge in [-0.25, -0.2) is 12.8 Å². The zero-order valence-corrected chi connectivity index (χ0v) is 18.5. The van der Waals surface area contributed by atoms with Crippen LogP contribution in [-0.2, 0) is 15.4 Å². The van der Waals surface area contributed by atoms with Gasteiger partial charge in [0.15, 0.2) is 0 Å². The van der Waals surface area contributed by atoms with Gasteiger partial charge in [-0.3, -0.25) is 4.31 Å². The highest BCUT2D eigenvalue weighted by Gasteiger charge is 2.59. The molecule has 2 aromatic rings. The summed E-state index contributed by atoms with van der Waals surface area (Å²) in [5, 5.41) is 0. The highest BCUT2D eigenvalue weighted by molar-refractivity contribution is 9.10. The van der Waals surface area contributed by atoms with Crippen LogP contribution in [0, 0.1) is 11.7 Å². The van der Waals surface area contributed by atoms with Crippen molar-refractivity contribution in [3.8, 4) is 0 Å². The summed E-state index contributed by atoms with van der Waals surface area (Å²) in [6, 6.07) is 11.2. The largest absolute Gasteiger partial charge is 0.264 e. The van der Waals surface area contributed by atoms with Crippen LogP contribution in [0.2, 0.25) is 0 Å². The molecule has 2 fully saturated rings. The average Bonchev–Trinajstić information content (AvgIpc) is 3.48. The van der Waals surface area contributed by atoms with Gasteiger partial charge in [-0.1, -0.05) is 15.9 Å². The summed E-state index contributed by atoms with van der Waals surface area (Å²) < 4.78 is 43.6. The third kappa shape index (κ3) is 2.84. The van der Waals surface area contributed by atoms with Gasteiger partial charge in [-0.15, -0.1) is 0 Å². The van der Waals surface area contributed by atoms with Gasteiger partial charge in [0.25, 0.3) is 10.0 Å². The number of thioether (sulfide) groups is 1. The molecule has 0 bridgehead atoms. The fraction of sp³-hybridized carbons (Fsp3) is 0.429. The lowest BCUT2D eigenvalue weighted by molar-refractivity contribution is 0.315. The number of nitrogens with zero attached hydrogens (tertiary/aromatic N) is 1. The molecule has 148 valence electrons. The van der Waals surface area contributed by atoms with Gasteiger partial charge in [-0.2, -0.15) is 11.8 Å². The second-order valence-electron chi connectivity index (χ2n) is 7.97. The quantitative estimate of drug-likeness (QED) is 0.593. The molecule has 0 unspecified atom stereocenters. The van der Waals surface area contributed by atoms with Crippen molar-refractivity contribution >= 4 is 43.4 Å². The van der Waals surface area contributed by atoms with E-state index in [0.29, 0.717) is 5.92 Å². The Morgan fingerprint density at radius 1 is 1.07 bits per heavy atom. The van der Waals surface area contributed by atoms with Crippen LogP contribution in [0.1, 0.15) is 31.2 Å². The predicted octanol–water partition coefficient (Wildman–Crippen LogP) is 5.34. The molecule has 1 saturated carbocycles. The summed E-state index contributed by atoms with van der Waals surface area (Å²) in [4.78, 5) is 0.163. The van der Waals surface area contributed by atoms with Crippen LogP contribution < -0.4 is 4.31 Å². The summed E-state index contributed by atoms with van der Waals surface area (Å²) in [5.41, 5.74) is 1.83. The van der Waals surface area contributed by atoms with Crippen LogP contribution in [0.3, 0.4) is 0 Å². The summed E-state index contributed by atoms with van der Waals surface area (Å²) in [6.45, 7) is 0. The lowest BCUT2D eigenvalue weighted by atomic mass is 9.70. The van der Waals surface area contributed by atoms with Crippen LogP contribution in [0.5, 0.6) is 0 Å². The number of anilines is 1. The normalized spacial score (nSPS) is 23.8. The first-order valence-corrected chi connectivity index (χ1v) is 13.0. The first-order valence-electron chi connectivity index (χ1n) is 9.61. The van der Waals surface area contributed by atoms with E-state index in [0.717, 1.165) is 52.9 Å². The summed E-state index contributed by atoms with van der Waals surface area (Å²) in [6.07, 6.45) is 4.14. The van der Waals surface area contributed by atoms with Gasteiger partial charge in [0.1, 0.15) is 5.82 Å². The van der Waals surface area contributed by atoms with Gasteiger partial charge < -0.3 is 0 Å². The van der Waals surface area contributed by atoms with Crippen molar-refractivity contribution in [2.24, 2.45) is 5.92 Å². The first-order chi connectivity index (χ1) is 13.4. The molecule has 1 atom stereocenters. The third-order valence-electron chi connectivity index (χ3n) is 6.38. The minimum Gasteiger partial charge on any atom is -0.262 e. The molecule has 7 heteroatoms. The second-order valence-corrected chi connectivity index (χ2v) is 11.9. The minimum atomic E-state index is -3.77. The zero-order chi connectivity index (χ0) is 19.5. The second kappa shape index (κ2) is 6.74. The topological polar surface area (TPSA) is 37.4 Å². The van der Waals surface area contributed by atoms with E-state index in [1.165, 1.54) is 24.3 Å². The van der Waals surface area contributed by atoms with E-state index in [4.69, 9.17) is 0 Å². The smallest absolute Gasteiger partial charge is 0.262 e. The maximum Gasteiger partial charge on any atom is 0.264 e. The van der Waals surface area contributed by atoms with E-state index in [1.807, 2.05) is 23.9 Å². The van der Waals surface area contributed by atoms with E-state index in [2.05, 4.69) is 22.0 Å². The third-order valence-corrected chi connectivity index (χ3v) is 9.66.